The van der Waals surface area contributed by atoms with Gasteiger partial charge in [-0.2, -0.15) is 0 Å². The van der Waals surface area contributed by atoms with Crippen LogP contribution in [0.3, 0.4) is 0 Å². The molecule has 5 nitrogen and oxygen atoms in total. The van der Waals surface area contributed by atoms with Crippen molar-refractivity contribution in [3.8, 4) is 0 Å². The molecule has 0 spiro atoms. The summed E-state index contributed by atoms with van der Waals surface area (Å²) in [6.07, 6.45) is 1.57. The first kappa shape index (κ1) is 18.1. The van der Waals surface area contributed by atoms with Crippen molar-refractivity contribution in [2.45, 2.75) is 31.6 Å². The van der Waals surface area contributed by atoms with Crippen molar-refractivity contribution in [2.24, 2.45) is 5.92 Å². The molecule has 21 heavy (non-hydrogen) atoms. The van der Waals surface area contributed by atoms with Crippen LogP contribution in [0.15, 0.2) is 33.6 Å². The van der Waals surface area contributed by atoms with Crippen LogP contribution < -0.4 is 10.0 Å². The second-order valence-electron chi connectivity index (χ2n) is 4.66. The van der Waals surface area contributed by atoms with Gasteiger partial charge in [0, 0.05) is 23.5 Å². The molecule has 1 rings (SSSR count). The van der Waals surface area contributed by atoms with Crippen LogP contribution in [0.2, 0.25) is 0 Å². The molecule has 1 aromatic rings. The number of carbonyl (C=O) groups is 1. The Labute approximate surface area is 134 Å². The number of halogens is 1. The second-order valence-corrected chi connectivity index (χ2v) is 7.34. The molecule has 118 valence electrons. The van der Waals surface area contributed by atoms with E-state index in [2.05, 4.69) is 26.0 Å². The third-order valence-electron chi connectivity index (χ3n) is 3.20. The smallest absolute Gasteiger partial charge is 0.240 e. The van der Waals surface area contributed by atoms with Crippen molar-refractivity contribution in [2.75, 3.05) is 13.1 Å². The van der Waals surface area contributed by atoms with E-state index in [1.165, 1.54) is 12.1 Å². The third-order valence-corrected chi connectivity index (χ3v) is 5.20. The van der Waals surface area contributed by atoms with E-state index >= 15 is 0 Å². The molecule has 2 N–H and O–H groups in total. The summed E-state index contributed by atoms with van der Waals surface area (Å²) in [4.78, 5) is 11.9. The molecule has 1 aromatic carbocycles. The van der Waals surface area contributed by atoms with Gasteiger partial charge >= 0.3 is 0 Å². The largest absolute Gasteiger partial charge is 0.355 e. The molecule has 0 aliphatic carbocycles. The molecule has 1 amide bonds. The molecule has 0 heterocycles. The lowest BCUT2D eigenvalue weighted by Gasteiger charge is -2.13. The van der Waals surface area contributed by atoms with Crippen LogP contribution in [0.5, 0.6) is 0 Å². The highest BCUT2D eigenvalue weighted by Gasteiger charge is 2.15. The van der Waals surface area contributed by atoms with E-state index in [1.54, 1.807) is 12.1 Å². The number of rotatable bonds is 8. The van der Waals surface area contributed by atoms with E-state index in [4.69, 9.17) is 0 Å². The molecule has 0 bridgehead atoms. The summed E-state index contributed by atoms with van der Waals surface area (Å²) in [7, 11) is -3.53. The zero-order valence-corrected chi connectivity index (χ0v) is 14.6. The van der Waals surface area contributed by atoms with Gasteiger partial charge in [0.25, 0.3) is 0 Å². The van der Waals surface area contributed by atoms with Gasteiger partial charge in [0.1, 0.15) is 0 Å². The first-order valence-corrected chi connectivity index (χ1v) is 9.21. The van der Waals surface area contributed by atoms with Crippen LogP contribution in [0.1, 0.15) is 26.7 Å². The Balaban J connectivity index is 2.45. The van der Waals surface area contributed by atoms with Gasteiger partial charge in [0.2, 0.25) is 15.9 Å². The van der Waals surface area contributed by atoms with Gasteiger partial charge in [0.05, 0.1) is 4.90 Å². The Bertz CT molecular complexity index is 554. The van der Waals surface area contributed by atoms with E-state index in [9.17, 15) is 13.2 Å². The third kappa shape index (κ3) is 5.76. The van der Waals surface area contributed by atoms with Crippen molar-refractivity contribution >= 4 is 31.9 Å². The molecular weight excluding hydrogens is 356 g/mol. The highest BCUT2D eigenvalue weighted by molar-refractivity contribution is 9.10. The number of sulfonamides is 1. The van der Waals surface area contributed by atoms with E-state index in [-0.39, 0.29) is 29.8 Å². The van der Waals surface area contributed by atoms with Crippen LogP contribution >= 0.6 is 15.9 Å². The summed E-state index contributed by atoms with van der Waals surface area (Å²) >= 11 is 3.26. The molecule has 0 atom stereocenters. The second kappa shape index (κ2) is 8.51. The maximum atomic E-state index is 12.0. The predicted octanol–water partition coefficient (Wildman–Crippen LogP) is 2.28. The normalized spacial score (nSPS) is 11.6. The average molecular weight is 377 g/mol. The highest BCUT2D eigenvalue weighted by Crippen LogP contribution is 2.14. The van der Waals surface area contributed by atoms with E-state index < -0.39 is 10.0 Å². The van der Waals surface area contributed by atoms with Crippen molar-refractivity contribution < 1.29 is 13.2 Å². The van der Waals surface area contributed by atoms with Gasteiger partial charge in [-0.25, -0.2) is 13.1 Å². The fourth-order valence-electron chi connectivity index (χ4n) is 1.87. The SMILES string of the molecule is CCC(CC)C(=O)NCCNS(=O)(=O)c1ccc(Br)cc1. The number of nitrogens with one attached hydrogen (secondary N) is 2. The maximum absolute atomic E-state index is 12.0. The predicted molar refractivity (Wildman–Crippen MR) is 86.4 cm³/mol. The number of hydrogen-bond donors (Lipinski definition) is 2. The molecule has 0 unspecified atom stereocenters. The molecule has 0 aliphatic rings. The summed E-state index contributed by atoms with van der Waals surface area (Å²) in [6, 6.07) is 6.39. The summed E-state index contributed by atoms with van der Waals surface area (Å²) in [5, 5.41) is 2.74. The Hall–Kier alpha value is -0.920. The molecule has 0 fully saturated rings. The highest BCUT2D eigenvalue weighted by atomic mass is 79.9. The standard InChI is InChI=1S/C14H21BrN2O3S/c1-3-11(4-2)14(18)16-9-10-17-21(19,20)13-7-5-12(15)6-8-13/h5-8,11,17H,3-4,9-10H2,1-2H3,(H,16,18). The Kier molecular flexibility index (Phi) is 7.34. The summed E-state index contributed by atoms with van der Waals surface area (Å²) in [5.74, 6) is -0.0316. The summed E-state index contributed by atoms with van der Waals surface area (Å²) < 4.78 is 27.3. The monoisotopic (exact) mass is 376 g/mol. The summed E-state index contributed by atoms with van der Waals surface area (Å²) in [5.41, 5.74) is 0. The Morgan fingerprint density at radius 3 is 2.24 bits per heavy atom. The molecule has 0 saturated carbocycles. The van der Waals surface area contributed by atoms with Crippen LogP contribution in [-0.4, -0.2) is 27.4 Å². The van der Waals surface area contributed by atoms with Crippen LogP contribution in [0, 0.1) is 5.92 Å². The van der Waals surface area contributed by atoms with E-state index in [1.807, 2.05) is 13.8 Å². The minimum absolute atomic E-state index is 0.00641. The van der Waals surface area contributed by atoms with Gasteiger partial charge in [0.15, 0.2) is 0 Å². The lowest BCUT2D eigenvalue weighted by molar-refractivity contribution is -0.125. The fourth-order valence-corrected chi connectivity index (χ4v) is 3.17. The first-order valence-electron chi connectivity index (χ1n) is 6.93. The number of carbonyl (C=O) groups excluding carboxylic acids is 1. The lowest BCUT2D eigenvalue weighted by Crippen LogP contribution is -2.37. The minimum Gasteiger partial charge on any atom is -0.355 e. The number of amides is 1. The summed E-state index contributed by atoms with van der Waals surface area (Å²) in [6.45, 7) is 4.38. The number of hydrogen-bond acceptors (Lipinski definition) is 3. The molecule has 0 aliphatic heterocycles. The quantitative estimate of drug-likeness (QED) is 0.683. The topological polar surface area (TPSA) is 75.3 Å². The van der Waals surface area contributed by atoms with Crippen molar-refractivity contribution in [1.82, 2.24) is 10.0 Å². The average Bonchev–Trinajstić information content (AvgIpc) is 2.45. The number of benzene rings is 1. The van der Waals surface area contributed by atoms with Crippen molar-refractivity contribution in [1.29, 1.82) is 0 Å². The van der Waals surface area contributed by atoms with Crippen LogP contribution in [-0.2, 0) is 14.8 Å². The molecule has 0 radical (unpaired) electrons. The molecule has 0 saturated heterocycles. The van der Waals surface area contributed by atoms with Crippen LogP contribution in [0.4, 0.5) is 0 Å². The Morgan fingerprint density at radius 2 is 1.71 bits per heavy atom. The van der Waals surface area contributed by atoms with Gasteiger partial charge in [-0.15, -0.1) is 0 Å². The molecule has 0 aromatic heterocycles. The lowest BCUT2D eigenvalue weighted by atomic mass is 10.0. The van der Waals surface area contributed by atoms with Gasteiger partial charge in [-0.05, 0) is 37.1 Å². The van der Waals surface area contributed by atoms with Gasteiger partial charge < -0.3 is 5.32 Å². The van der Waals surface area contributed by atoms with Crippen molar-refractivity contribution in [3.63, 3.8) is 0 Å². The zero-order valence-electron chi connectivity index (χ0n) is 12.2. The fraction of sp³-hybridized carbons (Fsp3) is 0.500. The van der Waals surface area contributed by atoms with Crippen molar-refractivity contribution in [3.05, 3.63) is 28.7 Å². The first-order chi connectivity index (χ1) is 9.90. The van der Waals surface area contributed by atoms with Gasteiger partial charge in [-0.1, -0.05) is 29.8 Å². The van der Waals surface area contributed by atoms with E-state index in [0.29, 0.717) is 0 Å². The molecule has 7 heteroatoms. The van der Waals surface area contributed by atoms with Crippen LogP contribution in [0.25, 0.3) is 0 Å². The maximum Gasteiger partial charge on any atom is 0.240 e. The Morgan fingerprint density at radius 1 is 1.14 bits per heavy atom. The minimum atomic E-state index is -3.53. The van der Waals surface area contributed by atoms with Gasteiger partial charge in [-0.3, -0.25) is 4.79 Å². The molecular formula is C14H21BrN2O3S. The van der Waals surface area contributed by atoms with E-state index in [0.717, 1.165) is 17.3 Å². The zero-order chi connectivity index (χ0) is 15.9.